The molecule has 0 radical (unpaired) electrons. The molecule has 0 saturated carbocycles. The van der Waals surface area contributed by atoms with Gasteiger partial charge in [0.2, 0.25) is 5.91 Å². The number of hydrogen-bond acceptors (Lipinski definition) is 3. The van der Waals surface area contributed by atoms with E-state index in [2.05, 4.69) is 20.9 Å². The molecule has 4 N–H and O–H groups in total. The van der Waals surface area contributed by atoms with Gasteiger partial charge in [-0.15, -0.1) is 0 Å². The first-order valence-electron chi connectivity index (χ1n) is 8.37. The van der Waals surface area contributed by atoms with Crippen LogP contribution in [0.1, 0.15) is 25.5 Å². The maximum atomic E-state index is 12.0. The number of aromatic hydroxyl groups is 1. The van der Waals surface area contributed by atoms with Crippen molar-refractivity contribution in [1.29, 1.82) is 0 Å². The highest BCUT2D eigenvalue weighted by atomic mass is 35.5. The van der Waals surface area contributed by atoms with Crippen molar-refractivity contribution in [1.82, 2.24) is 10.6 Å². The summed E-state index contributed by atoms with van der Waals surface area (Å²) in [5.41, 5.74) is 1.67. The fourth-order valence-electron chi connectivity index (χ4n) is 2.26. The average molecular weight is 375 g/mol. The van der Waals surface area contributed by atoms with E-state index in [-0.39, 0.29) is 24.2 Å². The molecule has 6 nitrogen and oxygen atoms in total. The van der Waals surface area contributed by atoms with E-state index < -0.39 is 0 Å². The third-order valence-electron chi connectivity index (χ3n) is 3.60. The number of aliphatic imine (C=N–C) groups is 1. The molecular formula is C19H23ClN4O2. The predicted molar refractivity (Wildman–Crippen MR) is 106 cm³/mol. The van der Waals surface area contributed by atoms with Gasteiger partial charge in [0.05, 0.1) is 6.04 Å². The molecule has 1 unspecified atom stereocenters. The third-order valence-corrected chi connectivity index (χ3v) is 3.85. The third kappa shape index (κ3) is 6.29. The second-order valence-electron chi connectivity index (χ2n) is 5.71. The van der Waals surface area contributed by atoms with Crippen molar-refractivity contribution in [3.8, 4) is 5.75 Å². The number of carbonyl (C=O) groups excluding carboxylic acids is 1. The zero-order valence-electron chi connectivity index (χ0n) is 14.8. The van der Waals surface area contributed by atoms with Crippen LogP contribution in [-0.4, -0.2) is 30.1 Å². The van der Waals surface area contributed by atoms with Gasteiger partial charge in [0.25, 0.3) is 0 Å². The summed E-state index contributed by atoms with van der Waals surface area (Å²) >= 11 is 5.92. The Kier molecular flexibility index (Phi) is 7.29. The lowest BCUT2D eigenvalue weighted by Crippen LogP contribution is -2.39. The summed E-state index contributed by atoms with van der Waals surface area (Å²) in [5, 5.41) is 19.1. The molecule has 0 saturated heterocycles. The fourth-order valence-corrected chi connectivity index (χ4v) is 2.38. The highest BCUT2D eigenvalue weighted by Gasteiger charge is 2.09. The van der Waals surface area contributed by atoms with Crippen LogP contribution in [0, 0.1) is 0 Å². The summed E-state index contributed by atoms with van der Waals surface area (Å²) in [4.78, 5) is 16.4. The maximum Gasteiger partial charge on any atom is 0.246 e. The van der Waals surface area contributed by atoms with Gasteiger partial charge in [0.1, 0.15) is 12.3 Å². The molecule has 0 aliphatic carbocycles. The summed E-state index contributed by atoms with van der Waals surface area (Å²) in [6.45, 7) is 4.62. The number of phenols is 1. The summed E-state index contributed by atoms with van der Waals surface area (Å²) in [7, 11) is 0. The van der Waals surface area contributed by atoms with Crippen LogP contribution in [0.25, 0.3) is 0 Å². The second-order valence-corrected chi connectivity index (χ2v) is 6.14. The summed E-state index contributed by atoms with van der Waals surface area (Å²) in [6.07, 6.45) is 0. The largest absolute Gasteiger partial charge is 0.508 e. The highest BCUT2D eigenvalue weighted by molar-refractivity contribution is 6.30. The van der Waals surface area contributed by atoms with Crippen LogP contribution in [0.3, 0.4) is 0 Å². The molecule has 7 heteroatoms. The number of halogens is 1. The molecular weight excluding hydrogens is 352 g/mol. The molecule has 0 aromatic heterocycles. The molecule has 138 valence electrons. The minimum Gasteiger partial charge on any atom is -0.508 e. The zero-order chi connectivity index (χ0) is 18.9. The van der Waals surface area contributed by atoms with E-state index >= 15 is 0 Å². The van der Waals surface area contributed by atoms with E-state index in [1.807, 2.05) is 38.1 Å². The standard InChI is InChI=1S/C19H23ClN4O2/c1-3-21-19(23-13(2)14-4-6-15(20)7-5-14)22-12-18(26)24-16-8-10-17(25)11-9-16/h4-11,13,25H,3,12H2,1-2H3,(H,24,26)(H2,21,22,23). The van der Waals surface area contributed by atoms with Crippen LogP contribution in [0.4, 0.5) is 5.69 Å². The van der Waals surface area contributed by atoms with Crippen molar-refractivity contribution in [2.75, 3.05) is 18.4 Å². The fraction of sp³-hybridized carbons (Fsp3) is 0.263. The van der Waals surface area contributed by atoms with Crippen molar-refractivity contribution in [2.45, 2.75) is 19.9 Å². The summed E-state index contributed by atoms with van der Waals surface area (Å²) in [6, 6.07) is 13.9. The Morgan fingerprint density at radius 3 is 2.42 bits per heavy atom. The second kappa shape index (κ2) is 9.68. The van der Waals surface area contributed by atoms with Gasteiger partial charge >= 0.3 is 0 Å². The Balaban J connectivity index is 1.95. The Labute approximate surface area is 158 Å². The van der Waals surface area contributed by atoms with Crippen molar-refractivity contribution < 1.29 is 9.90 Å². The van der Waals surface area contributed by atoms with Crippen LogP contribution in [0.15, 0.2) is 53.5 Å². The number of guanidine groups is 1. The quantitative estimate of drug-likeness (QED) is 0.355. The van der Waals surface area contributed by atoms with Gasteiger partial charge < -0.3 is 21.1 Å². The van der Waals surface area contributed by atoms with E-state index in [1.165, 1.54) is 12.1 Å². The van der Waals surface area contributed by atoms with E-state index in [1.54, 1.807) is 12.1 Å². The van der Waals surface area contributed by atoms with Crippen molar-refractivity contribution in [3.05, 3.63) is 59.1 Å². The minimum absolute atomic E-state index is 0.00484. The molecule has 26 heavy (non-hydrogen) atoms. The van der Waals surface area contributed by atoms with Gasteiger partial charge in [-0.3, -0.25) is 4.79 Å². The molecule has 0 spiro atoms. The summed E-state index contributed by atoms with van der Waals surface area (Å²) in [5.74, 6) is 0.457. The monoisotopic (exact) mass is 374 g/mol. The first-order chi connectivity index (χ1) is 12.5. The lowest BCUT2D eigenvalue weighted by atomic mass is 10.1. The van der Waals surface area contributed by atoms with Crippen LogP contribution >= 0.6 is 11.6 Å². The predicted octanol–water partition coefficient (Wildman–Crippen LogP) is 3.30. The number of hydrogen-bond donors (Lipinski definition) is 4. The number of benzene rings is 2. The molecule has 0 aliphatic rings. The van der Waals surface area contributed by atoms with Crippen LogP contribution in [0.2, 0.25) is 5.02 Å². The van der Waals surface area contributed by atoms with Crippen molar-refractivity contribution in [2.24, 2.45) is 4.99 Å². The van der Waals surface area contributed by atoms with Crippen LogP contribution in [0.5, 0.6) is 5.75 Å². The van der Waals surface area contributed by atoms with E-state index in [0.29, 0.717) is 23.2 Å². The molecule has 0 heterocycles. The maximum absolute atomic E-state index is 12.0. The van der Waals surface area contributed by atoms with E-state index in [0.717, 1.165) is 5.56 Å². The number of carbonyl (C=O) groups is 1. The van der Waals surface area contributed by atoms with Crippen molar-refractivity contribution >= 4 is 29.2 Å². The molecule has 1 amide bonds. The lowest BCUT2D eigenvalue weighted by molar-refractivity contribution is -0.114. The topological polar surface area (TPSA) is 85.8 Å². The Hall–Kier alpha value is -2.73. The van der Waals surface area contributed by atoms with Gasteiger partial charge in [0.15, 0.2) is 5.96 Å². The van der Waals surface area contributed by atoms with Gasteiger partial charge in [-0.05, 0) is 55.8 Å². The zero-order valence-corrected chi connectivity index (χ0v) is 15.5. The Bertz CT molecular complexity index is 745. The van der Waals surface area contributed by atoms with E-state index in [9.17, 15) is 9.90 Å². The molecule has 0 aliphatic heterocycles. The van der Waals surface area contributed by atoms with Gasteiger partial charge in [-0.2, -0.15) is 0 Å². The first-order valence-corrected chi connectivity index (χ1v) is 8.75. The number of nitrogens with zero attached hydrogens (tertiary/aromatic N) is 1. The molecule has 2 aromatic carbocycles. The normalized spacial score (nSPS) is 12.3. The van der Waals surface area contributed by atoms with E-state index in [4.69, 9.17) is 11.6 Å². The summed E-state index contributed by atoms with van der Waals surface area (Å²) < 4.78 is 0. The van der Waals surface area contributed by atoms with Gasteiger partial charge in [0, 0.05) is 17.3 Å². The minimum atomic E-state index is -0.243. The average Bonchev–Trinajstić information content (AvgIpc) is 2.62. The molecule has 2 rings (SSSR count). The molecule has 0 fully saturated rings. The Morgan fingerprint density at radius 1 is 1.15 bits per heavy atom. The number of phenolic OH excluding ortho intramolecular Hbond substituents is 1. The number of anilines is 1. The van der Waals surface area contributed by atoms with Crippen LogP contribution in [-0.2, 0) is 4.79 Å². The smallest absolute Gasteiger partial charge is 0.246 e. The van der Waals surface area contributed by atoms with Gasteiger partial charge in [-0.1, -0.05) is 23.7 Å². The molecule has 1 atom stereocenters. The van der Waals surface area contributed by atoms with Crippen molar-refractivity contribution in [3.63, 3.8) is 0 Å². The lowest BCUT2D eigenvalue weighted by Gasteiger charge is -2.18. The number of amides is 1. The number of rotatable bonds is 6. The first kappa shape index (κ1) is 19.6. The molecule has 2 aromatic rings. The van der Waals surface area contributed by atoms with Gasteiger partial charge in [-0.25, -0.2) is 4.99 Å². The number of nitrogens with one attached hydrogen (secondary N) is 3. The highest BCUT2D eigenvalue weighted by Crippen LogP contribution is 2.16. The van der Waals surface area contributed by atoms with Crippen LogP contribution < -0.4 is 16.0 Å². The Morgan fingerprint density at radius 2 is 1.81 bits per heavy atom. The molecule has 0 bridgehead atoms. The SMILES string of the molecule is CCNC(=NCC(=O)Nc1ccc(O)cc1)NC(C)c1ccc(Cl)cc1.